The molecule has 0 bridgehead atoms. The highest BCUT2D eigenvalue weighted by Crippen LogP contribution is 2.43. The third-order valence-corrected chi connectivity index (χ3v) is 7.15. The van der Waals surface area contributed by atoms with Crippen LogP contribution in [0.3, 0.4) is 0 Å². The maximum atomic E-state index is 13.0. The Balaban J connectivity index is 1.39. The number of carbonyl (C=O) groups excluding carboxylic acids is 2. The summed E-state index contributed by atoms with van der Waals surface area (Å²) in [6, 6.07) is 2.21. The van der Waals surface area contributed by atoms with E-state index in [4.69, 9.17) is 4.74 Å². The average Bonchev–Trinajstić information content (AvgIpc) is 3.14. The minimum absolute atomic E-state index is 0.0303. The molecule has 5 nitrogen and oxygen atoms in total. The summed E-state index contributed by atoms with van der Waals surface area (Å²) in [5.74, 6) is 0.404. The van der Waals surface area contributed by atoms with Crippen molar-refractivity contribution in [3.8, 4) is 0 Å². The number of piperidine rings is 2. The quantitative estimate of drug-likeness (QED) is 0.815. The summed E-state index contributed by atoms with van der Waals surface area (Å²) >= 11 is 1.83. The van der Waals surface area contributed by atoms with Crippen LogP contribution in [0.5, 0.6) is 0 Å². The molecule has 1 unspecified atom stereocenters. The summed E-state index contributed by atoms with van der Waals surface area (Å²) in [4.78, 5) is 30.4. The van der Waals surface area contributed by atoms with Gasteiger partial charge >= 0.3 is 0 Å². The lowest BCUT2D eigenvalue weighted by molar-refractivity contribution is -0.149. The highest BCUT2D eigenvalue weighted by Gasteiger charge is 2.43. The number of ether oxygens (including phenoxy) is 1. The van der Waals surface area contributed by atoms with Gasteiger partial charge in [-0.2, -0.15) is 0 Å². The van der Waals surface area contributed by atoms with Crippen molar-refractivity contribution in [3.63, 3.8) is 0 Å². The first-order chi connectivity index (χ1) is 12.6. The molecule has 142 valence electrons. The normalized spacial score (nSPS) is 25.4. The standard InChI is InChI=1S/C20H28N2O3S/c1-2-9-22-14-15(3-4-18(22)23)19(24)21-10-7-20(8-11-21)16-6-13-26-17(16)5-12-25-20/h6,13,15H,2-5,7-12,14H2,1H3. The third kappa shape index (κ3) is 3.18. The van der Waals surface area contributed by atoms with Crippen LogP contribution in [0.2, 0.25) is 0 Å². The number of thiophene rings is 1. The summed E-state index contributed by atoms with van der Waals surface area (Å²) < 4.78 is 6.24. The number of nitrogens with zero attached hydrogens (tertiary/aromatic N) is 2. The molecule has 0 N–H and O–H groups in total. The van der Waals surface area contributed by atoms with Gasteiger partial charge in [-0.25, -0.2) is 0 Å². The average molecular weight is 377 g/mol. The molecule has 0 saturated carbocycles. The molecule has 1 spiro atoms. The van der Waals surface area contributed by atoms with Gasteiger partial charge < -0.3 is 14.5 Å². The lowest BCUT2D eigenvalue weighted by Crippen LogP contribution is -2.52. The van der Waals surface area contributed by atoms with E-state index >= 15 is 0 Å². The van der Waals surface area contributed by atoms with Crippen molar-refractivity contribution < 1.29 is 14.3 Å². The molecular formula is C20H28N2O3S. The van der Waals surface area contributed by atoms with Gasteiger partial charge in [0.1, 0.15) is 0 Å². The van der Waals surface area contributed by atoms with E-state index in [1.54, 1.807) is 0 Å². The minimum atomic E-state index is -0.179. The molecule has 1 aromatic heterocycles. The number of hydrogen-bond acceptors (Lipinski definition) is 4. The van der Waals surface area contributed by atoms with E-state index in [1.165, 1.54) is 10.4 Å². The van der Waals surface area contributed by atoms with E-state index in [1.807, 2.05) is 21.1 Å². The molecule has 3 aliphatic heterocycles. The lowest BCUT2D eigenvalue weighted by atomic mass is 9.82. The van der Waals surface area contributed by atoms with Crippen molar-refractivity contribution in [1.29, 1.82) is 0 Å². The van der Waals surface area contributed by atoms with Crippen molar-refractivity contribution in [2.24, 2.45) is 5.92 Å². The van der Waals surface area contributed by atoms with Gasteiger partial charge in [-0.1, -0.05) is 6.92 Å². The number of fused-ring (bicyclic) bond motifs is 2. The first-order valence-corrected chi connectivity index (χ1v) is 10.8. The monoisotopic (exact) mass is 376 g/mol. The second-order valence-electron chi connectivity index (χ2n) is 7.75. The van der Waals surface area contributed by atoms with Gasteiger partial charge in [-0.3, -0.25) is 9.59 Å². The zero-order valence-electron chi connectivity index (χ0n) is 15.5. The Morgan fingerprint density at radius 3 is 2.92 bits per heavy atom. The number of amides is 2. The van der Waals surface area contributed by atoms with Gasteiger partial charge in [0.25, 0.3) is 0 Å². The second-order valence-corrected chi connectivity index (χ2v) is 8.75. The Hall–Kier alpha value is -1.40. The van der Waals surface area contributed by atoms with Crippen molar-refractivity contribution in [1.82, 2.24) is 9.80 Å². The zero-order valence-corrected chi connectivity index (χ0v) is 16.4. The fourth-order valence-corrected chi connectivity index (χ4v) is 5.67. The van der Waals surface area contributed by atoms with Crippen molar-refractivity contribution >= 4 is 23.2 Å². The maximum absolute atomic E-state index is 13.0. The molecule has 0 radical (unpaired) electrons. The van der Waals surface area contributed by atoms with Crippen molar-refractivity contribution in [2.45, 2.75) is 51.0 Å². The summed E-state index contributed by atoms with van der Waals surface area (Å²) in [7, 11) is 0. The molecule has 3 aliphatic rings. The molecule has 4 rings (SSSR count). The van der Waals surface area contributed by atoms with Crippen LogP contribution in [0.15, 0.2) is 11.4 Å². The van der Waals surface area contributed by atoms with Gasteiger partial charge in [0.2, 0.25) is 11.8 Å². The molecule has 2 fully saturated rings. The van der Waals surface area contributed by atoms with E-state index in [0.717, 1.165) is 51.9 Å². The predicted molar refractivity (Wildman–Crippen MR) is 101 cm³/mol. The van der Waals surface area contributed by atoms with Crippen LogP contribution in [0.1, 0.15) is 49.5 Å². The van der Waals surface area contributed by atoms with Gasteiger partial charge in [0.15, 0.2) is 0 Å². The summed E-state index contributed by atoms with van der Waals surface area (Å²) in [5.41, 5.74) is 1.18. The predicted octanol–water partition coefficient (Wildman–Crippen LogP) is 2.79. The second kappa shape index (κ2) is 7.31. The van der Waals surface area contributed by atoms with E-state index in [2.05, 4.69) is 18.4 Å². The Morgan fingerprint density at radius 2 is 2.15 bits per heavy atom. The topological polar surface area (TPSA) is 49.9 Å². The minimum Gasteiger partial charge on any atom is -0.370 e. The molecule has 2 saturated heterocycles. The van der Waals surface area contributed by atoms with Crippen molar-refractivity contribution in [3.05, 3.63) is 21.9 Å². The fourth-order valence-electron chi connectivity index (χ4n) is 4.72. The maximum Gasteiger partial charge on any atom is 0.227 e. The third-order valence-electron chi connectivity index (χ3n) is 6.17. The molecule has 26 heavy (non-hydrogen) atoms. The van der Waals surface area contributed by atoms with Gasteiger partial charge in [-0.15, -0.1) is 11.3 Å². The largest absolute Gasteiger partial charge is 0.370 e. The van der Waals surface area contributed by atoms with Crippen LogP contribution in [0, 0.1) is 5.92 Å². The molecule has 1 aromatic rings. The SMILES string of the molecule is CCCN1CC(C(=O)N2CCC3(CC2)OCCc2sccc23)CCC1=O. The van der Waals surface area contributed by atoms with Gasteiger partial charge in [-0.05, 0) is 42.7 Å². The van der Waals surface area contributed by atoms with E-state index < -0.39 is 0 Å². The van der Waals surface area contributed by atoms with Crippen molar-refractivity contribution in [2.75, 3.05) is 32.8 Å². The first-order valence-electron chi connectivity index (χ1n) is 9.90. The fraction of sp³-hybridized carbons (Fsp3) is 0.700. The summed E-state index contributed by atoms with van der Waals surface area (Å²) in [5, 5.41) is 2.17. The summed E-state index contributed by atoms with van der Waals surface area (Å²) in [6.45, 7) is 5.74. The van der Waals surface area contributed by atoms with Gasteiger partial charge in [0.05, 0.1) is 18.1 Å². The molecule has 6 heteroatoms. The molecule has 0 aromatic carbocycles. The number of likely N-dealkylation sites (tertiary alicyclic amines) is 2. The first kappa shape index (κ1) is 18.0. The van der Waals surface area contributed by atoms with Crippen LogP contribution >= 0.6 is 11.3 Å². The number of carbonyl (C=O) groups is 2. The lowest BCUT2D eigenvalue weighted by Gasteiger charge is -2.45. The Bertz CT molecular complexity index is 678. The highest BCUT2D eigenvalue weighted by molar-refractivity contribution is 7.10. The van der Waals surface area contributed by atoms with Crippen LogP contribution in [0.4, 0.5) is 0 Å². The van der Waals surface area contributed by atoms with Crippen LogP contribution in [0.25, 0.3) is 0 Å². The number of hydrogen-bond donors (Lipinski definition) is 0. The molecular weight excluding hydrogens is 348 g/mol. The molecule has 1 atom stereocenters. The van der Waals surface area contributed by atoms with Crippen LogP contribution < -0.4 is 0 Å². The molecule has 0 aliphatic carbocycles. The van der Waals surface area contributed by atoms with E-state index in [0.29, 0.717) is 19.4 Å². The Labute approximate surface area is 159 Å². The molecule has 2 amide bonds. The van der Waals surface area contributed by atoms with E-state index in [9.17, 15) is 9.59 Å². The Kier molecular flexibility index (Phi) is 5.06. The zero-order chi connectivity index (χ0) is 18.1. The molecule has 4 heterocycles. The number of rotatable bonds is 3. The van der Waals surface area contributed by atoms with Crippen LogP contribution in [-0.2, 0) is 26.3 Å². The Morgan fingerprint density at radius 1 is 1.35 bits per heavy atom. The van der Waals surface area contributed by atoms with Gasteiger partial charge in [0, 0.05) is 43.9 Å². The van der Waals surface area contributed by atoms with E-state index in [-0.39, 0.29) is 23.3 Å². The smallest absolute Gasteiger partial charge is 0.227 e. The van der Waals surface area contributed by atoms with Crippen LogP contribution in [-0.4, -0.2) is 54.4 Å². The summed E-state index contributed by atoms with van der Waals surface area (Å²) in [6.07, 6.45) is 4.93. The highest BCUT2D eigenvalue weighted by atomic mass is 32.1.